The molecule has 2 aromatic rings. The minimum Gasteiger partial charge on any atom is -0.481 e. The molecule has 0 unspecified atom stereocenters. The number of likely N-dealkylation sites (tertiary alicyclic amines) is 1. The van der Waals surface area contributed by atoms with Gasteiger partial charge in [-0.15, -0.1) is 0 Å². The predicted molar refractivity (Wildman–Crippen MR) is 114 cm³/mol. The predicted octanol–water partition coefficient (Wildman–Crippen LogP) is 2.10. The summed E-state index contributed by atoms with van der Waals surface area (Å²) in [5.41, 5.74) is 0.436. The molecule has 36 heavy (non-hydrogen) atoms. The lowest BCUT2D eigenvalue weighted by Gasteiger charge is -2.32. The summed E-state index contributed by atoms with van der Waals surface area (Å²) in [6, 6.07) is 1.45. The van der Waals surface area contributed by atoms with Crippen LogP contribution in [-0.2, 0) is 14.4 Å². The van der Waals surface area contributed by atoms with E-state index in [-0.39, 0.29) is 37.9 Å². The molecule has 0 saturated carbocycles. The molecule has 1 fully saturated rings. The van der Waals surface area contributed by atoms with Crippen molar-refractivity contribution in [1.82, 2.24) is 15.2 Å². The number of aromatic nitrogens is 1. The smallest absolute Gasteiger partial charge is 0.305 e. The number of benzene rings is 1. The van der Waals surface area contributed by atoms with Gasteiger partial charge in [0, 0.05) is 43.0 Å². The Hall–Kier alpha value is -4.03. The maximum absolute atomic E-state index is 13.7. The molecule has 1 atom stereocenters. The summed E-state index contributed by atoms with van der Waals surface area (Å²) >= 11 is 0. The maximum atomic E-state index is 13.7. The standard InChI is InChI=1S/C23H21F4N3O6/c24-14-9-15(25)20(27)21(19(14)26)36-11-17(31)16(10-18(32)33)29-22(34)12-3-7-30(8-4-12)23(35)13-1-5-28-6-2-13/h1-2,5-6,9,12,16H,3-4,7-8,10-11H2,(H,29,34)(H,32,33)/t16-/m0/s1. The zero-order chi connectivity index (χ0) is 26.4. The van der Waals surface area contributed by atoms with Crippen molar-refractivity contribution in [3.63, 3.8) is 0 Å². The molecule has 0 bridgehead atoms. The van der Waals surface area contributed by atoms with Gasteiger partial charge >= 0.3 is 5.97 Å². The number of piperidine rings is 1. The van der Waals surface area contributed by atoms with Crippen molar-refractivity contribution in [2.24, 2.45) is 5.92 Å². The Bertz CT molecular complexity index is 1130. The fraction of sp³-hybridized carbons (Fsp3) is 0.348. The SMILES string of the molecule is O=C(O)C[C@H](NC(=O)C1CCN(C(=O)c2ccncc2)CC1)C(=O)COc1c(F)c(F)cc(F)c1F. The fourth-order valence-electron chi connectivity index (χ4n) is 3.65. The summed E-state index contributed by atoms with van der Waals surface area (Å²) in [4.78, 5) is 54.2. The number of hydrogen-bond acceptors (Lipinski definition) is 6. The summed E-state index contributed by atoms with van der Waals surface area (Å²) < 4.78 is 58.7. The number of carbonyl (C=O) groups is 4. The van der Waals surface area contributed by atoms with Crippen molar-refractivity contribution in [3.8, 4) is 5.75 Å². The highest BCUT2D eigenvalue weighted by molar-refractivity contribution is 5.95. The lowest BCUT2D eigenvalue weighted by molar-refractivity contribution is -0.141. The minimum atomic E-state index is -1.87. The second-order valence-corrected chi connectivity index (χ2v) is 8.01. The van der Waals surface area contributed by atoms with Gasteiger partial charge in [-0.2, -0.15) is 8.78 Å². The summed E-state index contributed by atoms with van der Waals surface area (Å²) in [6.45, 7) is -0.680. The lowest BCUT2D eigenvalue weighted by atomic mass is 9.94. The van der Waals surface area contributed by atoms with Crippen LogP contribution in [0.25, 0.3) is 0 Å². The summed E-state index contributed by atoms with van der Waals surface area (Å²) in [5, 5.41) is 11.4. The number of ether oxygens (including phenoxy) is 1. The number of halogens is 4. The Labute approximate surface area is 202 Å². The fourth-order valence-corrected chi connectivity index (χ4v) is 3.65. The zero-order valence-corrected chi connectivity index (χ0v) is 18.7. The number of amides is 2. The number of hydrogen-bond donors (Lipinski definition) is 2. The van der Waals surface area contributed by atoms with Crippen molar-refractivity contribution >= 4 is 23.6 Å². The summed E-state index contributed by atoms with van der Waals surface area (Å²) in [6.07, 6.45) is 2.57. The molecule has 192 valence electrons. The molecule has 1 aliphatic rings. The highest BCUT2D eigenvalue weighted by atomic mass is 19.2. The highest BCUT2D eigenvalue weighted by Crippen LogP contribution is 2.26. The highest BCUT2D eigenvalue weighted by Gasteiger charge is 2.32. The second-order valence-electron chi connectivity index (χ2n) is 8.01. The molecule has 2 heterocycles. The first-order valence-electron chi connectivity index (χ1n) is 10.8. The van der Waals surface area contributed by atoms with Crippen LogP contribution in [0.15, 0.2) is 30.6 Å². The monoisotopic (exact) mass is 511 g/mol. The number of rotatable bonds is 9. The molecule has 0 aliphatic carbocycles. The van der Waals surface area contributed by atoms with Crippen LogP contribution in [-0.4, -0.2) is 64.3 Å². The number of aliphatic carboxylic acids is 1. The molecule has 1 saturated heterocycles. The number of carboxylic acids is 1. The van der Waals surface area contributed by atoms with E-state index in [2.05, 4.69) is 15.0 Å². The van der Waals surface area contributed by atoms with E-state index in [4.69, 9.17) is 5.11 Å². The second kappa shape index (κ2) is 11.6. The quantitative estimate of drug-likeness (QED) is 0.390. The number of nitrogens with zero attached hydrogens (tertiary/aromatic N) is 2. The molecule has 13 heteroatoms. The molecule has 9 nitrogen and oxygen atoms in total. The molecule has 2 amide bonds. The number of Topliss-reactive ketones (excluding diaryl/α,β-unsaturated/α-hetero) is 1. The molecule has 1 aromatic heterocycles. The van der Waals surface area contributed by atoms with Gasteiger partial charge in [0.25, 0.3) is 5.91 Å². The normalized spacial score (nSPS) is 14.7. The number of ketones is 1. The third-order valence-electron chi connectivity index (χ3n) is 5.59. The number of pyridine rings is 1. The van der Waals surface area contributed by atoms with Gasteiger partial charge in [0.2, 0.25) is 17.5 Å². The molecule has 1 aromatic carbocycles. The van der Waals surface area contributed by atoms with Gasteiger partial charge in [0.05, 0.1) is 6.42 Å². The van der Waals surface area contributed by atoms with Crippen LogP contribution in [0.1, 0.15) is 29.6 Å². The van der Waals surface area contributed by atoms with Gasteiger partial charge < -0.3 is 20.1 Å². The van der Waals surface area contributed by atoms with Gasteiger partial charge in [-0.1, -0.05) is 0 Å². The average molecular weight is 511 g/mol. The largest absolute Gasteiger partial charge is 0.481 e. The molecule has 3 rings (SSSR count). The van der Waals surface area contributed by atoms with Crippen molar-refractivity contribution in [3.05, 3.63) is 59.4 Å². The van der Waals surface area contributed by atoms with E-state index >= 15 is 0 Å². The molecule has 1 aliphatic heterocycles. The van der Waals surface area contributed by atoms with Gasteiger partial charge in [-0.05, 0) is 25.0 Å². The van der Waals surface area contributed by atoms with Crippen LogP contribution >= 0.6 is 0 Å². The topological polar surface area (TPSA) is 126 Å². The Morgan fingerprint density at radius 1 is 1.06 bits per heavy atom. The number of carbonyl (C=O) groups excluding carboxylic acids is 3. The lowest BCUT2D eigenvalue weighted by Crippen LogP contribution is -2.49. The van der Waals surface area contributed by atoms with Crippen LogP contribution < -0.4 is 10.1 Å². The first-order valence-corrected chi connectivity index (χ1v) is 10.8. The molecule has 0 spiro atoms. The Morgan fingerprint density at radius 2 is 1.64 bits per heavy atom. The number of nitrogens with one attached hydrogen (secondary N) is 1. The maximum Gasteiger partial charge on any atom is 0.305 e. The first kappa shape index (κ1) is 26.6. The third kappa shape index (κ3) is 6.34. The Kier molecular flexibility index (Phi) is 8.56. The van der Waals surface area contributed by atoms with Gasteiger partial charge in [0.1, 0.15) is 12.6 Å². The van der Waals surface area contributed by atoms with Crippen LogP contribution in [0.2, 0.25) is 0 Å². The summed E-state index contributed by atoms with van der Waals surface area (Å²) in [5.74, 6) is -12.8. The van der Waals surface area contributed by atoms with Crippen molar-refractivity contribution in [2.45, 2.75) is 25.3 Å². The molecular weight excluding hydrogens is 490 g/mol. The van der Waals surface area contributed by atoms with E-state index in [9.17, 15) is 36.7 Å². The van der Waals surface area contributed by atoms with Gasteiger partial charge in [-0.25, -0.2) is 8.78 Å². The third-order valence-corrected chi connectivity index (χ3v) is 5.59. The minimum absolute atomic E-state index is 0.0390. The van der Waals surface area contributed by atoms with Crippen molar-refractivity contribution in [1.29, 1.82) is 0 Å². The van der Waals surface area contributed by atoms with E-state index in [1.807, 2.05) is 0 Å². The van der Waals surface area contributed by atoms with E-state index in [1.54, 1.807) is 17.0 Å². The van der Waals surface area contributed by atoms with Crippen LogP contribution in [0, 0.1) is 29.2 Å². The Morgan fingerprint density at radius 3 is 2.19 bits per heavy atom. The zero-order valence-electron chi connectivity index (χ0n) is 18.7. The molecular formula is C23H21F4N3O6. The molecule has 2 N–H and O–H groups in total. The van der Waals surface area contributed by atoms with Crippen LogP contribution in [0.4, 0.5) is 17.6 Å². The summed E-state index contributed by atoms with van der Waals surface area (Å²) in [7, 11) is 0. The van der Waals surface area contributed by atoms with Crippen LogP contribution in [0.3, 0.4) is 0 Å². The first-order chi connectivity index (χ1) is 17.1. The van der Waals surface area contributed by atoms with E-state index in [1.165, 1.54) is 12.4 Å². The van der Waals surface area contributed by atoms with Gasteiger partial charge in [0.15, 0.2) is 23.2 Å². The van der Waals surface area contributed by atoms with E-state index in [0.717, 1.165) is 0 Å². The average Bonchev–Trinajstić information content (AvgIpc) is 2.86. The van der Waals surface area contributed by atoms with Gasteiger partial charge in [-0.3, -0.25) is 24.2 Å². The molecule has 0 radical (unpaired) electrons. The van der Waals surface area contributed by atoms with E-state index < -0.39 is 71.7 Å². The van der Waals surface area contributed by atoms with Crippen molar-refractivity contribution < 1.29 is 46.6 Å². The van der Waals surface area contributed by atoms with Crippen LogP contribution in [0.5, 0.6) is 5.75 Å². The van der Waals surface area contributed by atoms with E-state index in [0.29, 0.717) is 5.56 Å². The Balaban J connectivity index is 1.59. The van der Waals surface area contributed by atoms with Crippen molar-refractivity contribution in [2.75, 3.05) is 19.7 Å². The number of carboxylic acid groups (broad SMARTS) is 1.